The monoisotopic (exact) mass is 216 g/mol. The summed E-state index contributed by atoms with van der Waals surface area (Å²) in [5.41, 5.74) is 5.67. The fraction of sp³-hybridized carbons (Fsp3) is 0.400. The van der Waals surface area contributed by atoms with Crippen LogP contribution in [0.5, 0.6) is 0 Å². The van der Waals surface area contributed by atoms with Crippen LogP contribution in [-0.4, -0.2) is 19.8 Å². The highest BCUT2D eigenvalue weighted by Gasteiger charge is 2.12. The number of benzene rings is 1. The second-order valence-electron chi connectivity index (χ2n) is 3.25. The summed E-state index contributed by atoms with van der Waals surface area (Å²) in [4.78, 5) is 0. The molecular weight excluding hydrogens is 202 g/mol. The third-order valence-electron chi connectivity index (χ3n) is 2.10. The van der Waals surface area contributed by atoms with Crippen LogP contribution >= 0.6 is 0 Å². The first-order valence-corrected chi connectivity index (χ1v) is 4.56. The summed E-state index contributed by atoms with van der Waals surface area (Å²) in [6.45, 7) is 2.17. The predicted octanol–water partition coefficient (Wildman–Crippen LogP) is 1.99. The number of hydrogen-bond donors (Lipinski definition) is 2. The van der Waals surface area contributed by atoms with Crippen molar-refractivity contribution < 1.29 is 13.5 Å². The van der Waals surface area contributed by atoms with Crippen molar-refractivity contribution in [3.05, 3.63) is 23.8 Å². The number of anilines is 2. The first kappa shape index (κ1) is 11.7. The van der Waals surface area contributed by atoms with Gasteiger partial charge in [-0.25, -0.2) is 8.78 Å². The van der Waals surface area contributed by atoms with Gasteiger partial charge >= 0.3 is 0 Å². The quantitative estimate of drug-likeness (QED) is 0.757. The van der Waals surface area contributed by atoms with E-state index in [-0.39, 0.29) is 17.5 Å². The van der Waals surface area contributed by atoms with E-state index in [4.69, 9.17) is 10.5 Å². The summed E-state index contributed by atoms with van der Waals surface area (Å²) >= 11 is 0. The molecular formula is C10H14F2N2O. The van der Waals surface area contributed by atoms with Crippen molar-refractivity contribution in [2.24, 2.45) is 0 Å². The molecule has 1 rings (SSSR count). The Labute approximate surface area is 87.2 Å². The molecule has 0 aliphatic carbocycles. The lowest BCUT2D eigenvalue weighted by Gasteiger charge is -2.14. The van der Waals surface area contributed by atoms with Gasteiger partial charge in [-0.1, -0.05) is 0 Å². The summed E-state index contributed by atoms with van der Waals surface area (Å²) in [6, 6.07) is 2.31. The smallest absolute Gasteiger partial charge is 0.183 e. The Bertz CT molecular complexity index is 344. The Kier molecular flexibility index (Phi) is 3.85. The van der Waals surface area contributed by atoms with Crippen molar-refractivity contribution in [2.75, 3.05) is 24.7 Å². The van der Waals surface area contributed by atoms with E-state index < -0.39 is 11.6 Å². The Morgan fingerprint density at radius 2 is 2.13 bits per heavy atom. The third kappa shape index (κ3) is 2.79. The molecule has 5 heteroatoms. The van der Waals surface area contributed by atoms with E-state index in [2.05, 4.69) is 5.32 Å². The number of nitrogen functional groups attached to an aromatic ring is 1. The van der Waals surface area contributed by atoms with Crippen molar-refractivity contribution in [1.82, 2.24) is 0 Å². The van der Waals surface area contributed by atoms with Gasteiger partial charge in [-0.3, -0.25) is 0 Å². The summed E-state index contributed by atoms with van der Waals surface area (Å²) < 4.78 is 31.1. The molecule has 0 bridgehead atoms. The molecule has 0 saturated heterocycles. The fourth-order valence-corrected chi connectivity index (χ4v) is 1.07. The zero-order valence-electron chi connectivity index (χ0n) is 8.68. The summed E-state index contributed by atoms with van der Waals surface area (Å²) in [5, 5.41) is 2.71. The molecule has 15 heavy (non-hydrogen) atoms. The van der Waals surface area contributed by atoms with Crippen LogP contribution in [-0.2, 0) is 4.74 Å². The molecule has 0 aliphatic heterocycles. The molecule has 1 unspecified atom stereocenters. The standard InChI is InChI=1S/C10H14F2N2O/c1-6(15-2)5-14-10-8(13)4-3-7(11)9(10)12/h3-4,6,14H,5,13H2,1-2H3. The molecule has 1 aromatic rings. The van der Waals surface area contributed by atoms with Crippen LogP contribution in [0.3, 0.4) is 0 Å². The first-order valence-electron chi connectivity index (χ1n) is 4.56. The van der Waals surface area contributed by atoms with Crippen LogP contribution < -0.4 is 11.1 Å². The minimum absolute atomic E-state index is 0.0149. The molecule has 3 nitrogen and oxygen atoms in total. The number of nitrogens with two attached hydrogens (primary N) is 1. The second kappa shape index (κ2) is 4.93. The Balaban J connectivity index is 2.80. The van der Waals surface area contributed by atoms with Crippen LogP contribution in [0.4, 0.5) is 20.2 Å². The fourth-order valence-electron chi connectivity index (χ4n) is 1.07. The normalized spacial score (nSPS) is 12.5. The van der Waals surface area contributed by atoms with Gasteiger partial charge in [0.05, 0.1) is 17.5 Å². The minimum atomic E-state index is -0.960. The van der Waals surface area contributed by atoms with Gasteiger partial charge in [-0.15, -0.1) is 0 Å². The molecule has 0 saturated carbocycles. The van der Waals surface area contributed by atoms with Gasteiger partial charge in [0, 0.05) is 13.7 Å². The van der Waals surface area contributed by atoms with E-state index in [0.29, 0.717) is 6.54 Å². The molecule has 0 spiro atoms. The van der Waals surface area contributed by atoms with Gasteiger partial charge in [0.2, 0.25) is 0 Å². The topological polar surface area (TPSA) is 47.3 Å². The van der Waals surface area contributed by atoms with E-state index in [0.717, 1.165) is 6.07 Å². The molecule has 0 heterocycles. The zero-order valence-corrected chi connectivity index (χ0v) is 8.68. The molecule has 1 aromatic carbocycles. The van der Waals surface area contributed by atoms with Crippen LogP contribution in [0.1, 0.15) is 6.92 Å². The van der Waals surface area contributed by atoms with Crippen molar-refractivity contribution in [3.8, 4) is 0 Å². The highest BCUT2D eigenvalue weighted by Crippen LogP contribution is 2.24. The lowest BCUT2D eigenvalue weighted by atomic mass is 10.2. The maximum Gasteiger partial charge on any atom is 0.183 e. The maximum atomic E-state index is 13.3. The van der Waals surface area contributed by atoms with E-state index >= 15 is 0 Å². The number of halogens is 2. The van der Waals surface area contributed by atoms with E-state index in [1.807, 2.05) is 0 Å². The van der Waals surface area contributed by atoms with Crippen LogP contribution in [0, 0.1) is 11.6 Å². The molecule has 1 atom stereocenters. The highest BCUT2D eigenvalue weighted by molar-refractivity contribution is 5.66. The predicted molar refractivity (Wildman–Crippen MR) is 55.7 cm³/mol. The van der Waals surface area contributed by atoms with Crippen molar-refractivity contribution >= 4 is 11.4 Å². The number of nitrogens with one attached hydrogen (secondary N) is 1. The van der Waals surface area contributed by atoms with Crippen molar-refractivity contribution in [3.63, 3.8) is 0 Å². The van der Waals surface area contributed by atoms with Gasteiger partial charge in [0.25, 0.3) is 0 Å². The average Bonchev–Trinajstić information content (AvgIpc) is 2.23. The SMILES string of the molecule is COC(C)CNc1c(N)ccc(F)c1F. The van der Waals surface area contributed by atoms with Gasteiger partial charge in [-0.2, -0.15) is 0 Å². The number of rotatable bonds is 4. The molecule has 0 aromatic heterocycles. The van der Waals surface area contributed by atoms with Gasteiger partial charge in [0.1, 0.15) is 0 Å². The number of methoxy groups -OCH3 is 1. The minimum Gasteiger partial charge on any atom is -0.397 e. The van der Waals surface area contributed by atoms with Crippen molar-refractivity contribution in [1.29, 1.82) is 0 Å². The molecule has 3 N–H and O–H groups in total. The van der Waals surface area contributed by atoms with Crippen LogP contribution in [0.25, 0.3) is 0 Å². The third-order valence-corrected chi connectivity index (χ3v) is 2.10. The first-order chi connectivity index (χ1) is 7.06. The van der Waals surface area contributed by atoms with Crippen molar-refractivity contribution in [2.45, 2.75) is 13.0 Å². The van der Waals surface area contributed by atoms with E-state index in [9.17, 15) is 8.78 Å². The molecule has 84 valence electrons. The van der Waals surface area contributed by atoms with Gasteiger partial charge in [0.15, 0.2) is 11.6 Å². The molecule has 0 amide bonds. The number of hydrogen-bond acceptors (Lipinski definition) is 3. The van der Waals surface area contributed by atoms with Crippen LogP contribution in [0.15, 0.2) is 12.1 Å². The molecule has 0 radical (unpaired) electrons. The number of ether oxygens (including phenoxy) is 1. The largest absolute Gasteiger partial charge is 0.397 e. The second-order valence-corrected chi connectivity index (χ2v) is 3.25. The Hall–Kier alpha value is -1.36. The summed E-state index contributed by atoms with van der Waals surface area (Å²) in [5.74, 6) is -1.88. The lowest BCUT2D eigenvalue weighted by Crippen LogP contribution is -2.19. The maximum absolute atomic E-state index is 13.3. The van der Waals surface area contributed by atoms with E-state index in [1.165, 1.54) is 13.2 Å². The summed E-state index contributed by atoms with van der Waals surface area (Å²) in [7, 11) is 1.54. The van der Waals surface area contributed by atoms with Crippen LogP contribution in [0.2, 0.25) is 0 Å². The average molecular weight is 216 g/mol. The Morgan fingerprint density at radius 3 is 2.73 bits per heavy atom. The van der Waals surface area contributed by atoms with Gasteiger partial charge in [-0.05, 0) is 19.1 Å². The zero-order chi connectivity index (χ0) is 11.4. The Morgan fingerprint density at radius 1 is 1.47 bits per heavy atom. The summed E-state index contributed by atoms with van der Waals surface area (Å²) in [6.07, 6.45) is -0.105. The molecule has 0 fully saturated rings. The molecule has 0 aliphatic rings. The highest BCUT2D eigenvalue weighted by atomic mass is 19.2. The van der Waals surface area contributed by atoms with Gasteiger partial charge < -0.3 is 15.8 Å². The lowest BCUT2D eigenvalue weighted by molar-refractivity contribution is 0.128. The van der Waals surface area contributed by atoms with E-state index in [1.54, 1.807) is 6.92 Å².